The first kappa shape index (κ1) is 15.6. The molecule has 0 radical (unpaired) electrons. The van der Waals surface area contributed by atoms with E-state index in [0.29, 0.717) is 12.3 Å². The highest BCUT2D eigenvalue weighted by Gasteiger charge is 2.56. The predicted octanol–water partition coefficient (Wildman–Crippen LogP) is 1.94. The van der Waals surface area contributed by atoms with Crippen molar-refractivity contribution in [3.63, 3.8) is 0 Å². The third kappa shape index (κ3) is 3.27. The van der Waals surface area contributed by atoms with E-state index in [-0.39, 0.29) is 6.54 Å². The van der Waals surface area contributed by atoms with Gasteiger partial charge in [-0.15, -0.1) is 0 Å². The highest BCUT2D eigenvalue weighted by molar-refractivity contribution is 5.08. The van der Waals surface area contributed by atoms with Crippen LogP contribution < -0.4 is 5.32 Å². The van der Waals surface area contributed by atoms with E-state index in [4.69, 9.17) is 4.42 Å². The maximum Gasteiger partial charge on any atom is 0.424 e. The number of furan rings is 1. The summed E-state index contributed by atoms with van der Waals surface area (Å²) in [6.45, 7) is 0.255. The summed E-state index contributed by atoms with van der Waals surface area (Å²) in [4.78, 5) is 3.63. The summed E-state index contributed by atoms with van der Waals surface area (Å²) in [7, 11) is 1.41. The van der Waals surface area contributed by atoms with Crippen molar-refractivity contribution in [1.29, 1.82) is 0 Å². The first-order valence-electron chi connectivity index (χ1n) is 6.34. The Morgan fingerprint density at radius 3 is 2.71 bits per heavy atom. The molecule has 0 spiro atoms. The predicted molar refractivity (Wildman–Crippen MR) is 68.2 cm³/mol. The largest absolute Gasteiger partial charge is 0.468 e. The van der Waals surface area contributed by atoms with Gasteiger partial charge in [0.1, 0.15) is 11.6 Å². The second kappa shape index (κ2) is 5.90. The molecule has 2 aromatic heterocycles. The lowest BCUT2D eigenvalue weighted by molar-refractivity contribution is -0.272. The summed E-state index contributed by atoms with van der Waals surface area (Å²) in [5.74, 6) is 0.192. The Hall–Kier alpha value is -1.80. The van der Waals surface area contributed by atoms with Gasteiger partial charge in [0, 0.05) is 25.9 Å². The third-order valence-corrected chi connectivity index (χ3v) is 3.20. The Balaban J connectivity index is 2.02. The van der Waals surface area contributed by atoms with Gasteiger partial charge in [-0.25, -0.2) is 4.98 Å². The highest BCUT2D eigenvalue weighted by atomic mass is 19.4. The topological polar surface area (TPSA) is 63.2 Å². The summed E-state index contributed by atoms with van der Waals surface area (Å²) >= 11 is 0. The Kier molecular flexibility index (Phi) is 4.38. The van der Waals surface area contributed by atoms with Gasteiger partial charge in [-0.1, -0.05) is 0 Å². The molecule has 116 valence electrons. The van der Waals surface area contributed by atoms with Gasteiger partial charge in [0.25, 0.3) is 0 Å². The number of hydrogen-bond donors (Lipinski definition) is 2. The molecular formula is C13H16F3N3O2. The van der Waals surface area contributed by atoms with E-state index < -0.39 is 24.0 Å². The van der Waals surface area contributed by atoms with Crippen LogP contribution in [0.15, 0.2) is 35.2 Å². The number of nitrogens with one attached hydrogen (secondary N) is 1. The molecule has 2 aromatic rings. The van der Waals surface area contributed by atoms with Crippen molar-refractivity contribution >= 4 is 0 Å². The molecule has 2 heterocycles. The number of imidazole rings is 1. The zero-order chi connectivity index (χ0) is 15.5. The number of rotatable bonds is 6. The first-order valence-corrected chi connectivity index (χ1v) is 6.34. The van der Waals surface area contributed by atoms with Gasteiger partial charge in [-0.3, -0.25) is 0 Å². The number of aliphatic hydroxyl groups is 1. The molecule has 1 atom stereocenters. The Morgan fingerprint density at radius 1 is 1.43 bits per heavy atom. The van der Waals surface area contributed by atoms with E-state index in [2.05, 4.69) is 10.3 Å². The van der Waals surface area contributed by atoms with Crippen molar-refractivity contribution in [2.24, 2.45) is 7.05 Å². The molecule has 2 rings (SSSR count). The molecular weight excluding hydrogens is 287 g/mol. The second-order valence-corrected chi connectivity index (χ2v) is 4.73. The number of halogens is 3. The molecule has 0 saturated heterocycles. The normalized spacial score (nSPS) is 15.1. The Morgan fingerprint density at radius 2 is 2.19 bits per heavy atom. The van der Waals surface area contributed by atoms with Gasteiger partial charge in [-0.2, -0.15) is 13.2 Å². The summed E-state index contributed by atoms with van der Waals surface area (Å²) < 4.78 is 45.8. The van der Waals surface area contributed by atoms with E-state index in [1.165, 1.54) is 30.3 Å². The lowest BCUT2D eigenvalue weighted by Gasteiger charge is -2.30. The standard InChI is InChI=1S/C13H16F3N3O2/c1-19-7-6-18-11(19)12(20,13(14,15)16)4-5-17-9-10-3-2-8-21-10/h2-3,6-8,17,20H,4-5,9H2,1H3/t12-/m1/s1. The number of aromatic nitrogens is 2. The molecule has 0 unspecified atom stereocenters. The smallest absolute Gasteiger partial charge is 0.424 e. The van der Waals surface area contributed by atoms with Gasteiger partial charge in [-0.05, 0) is 18.7 Å². The van der Waals surface area contributed by atoms with E-state index >= 15 is 0 Å². The summed E-state index contributed by atoms with van der Waals surface area (Å²) in [6.07, 6.45) is -1.28. The molecule has 0 aliphatic rings. The molecule has 0 aromatic carbocycles. The van der Waals surface area contributed by atoms with Crippen molar-refractivity contribution < 1.29 is 22.7 Å². The van der Waals surface area contributed by atoms with Gasteiger partial charge in [0.2, 0.25) is 5.60 Å². The van der Waals surface area contributed by atoms with Crippen molar-refractivity contribution in [3.8, 4) is 0 Å². The molecule has 0 fully saturated rings. The third-order valence-electron chi connectivity index (χ3n) is 3.20. The molecule has 0 saturated carbocycles. The minimum absolute atomic E-state index is 0.0381. The molecule has 8 heteroatoms. The average molecular weight is 303 g/mol. The van der Waals surface area contributed by atoms with Crippen LogP contribution in [0, 0.1) is 0 Å². The van der Waals surface area contributed by atoms with Crippen LogP contribution in [0.1, 0.15) is 18.0 Å². The van der Waals surface area contributed by atoms with E-state index in [1.54, 1.807) is 12.1 Å². The number of aryl methyl sites for hydroxylation is 1. The van der Waals surface area contributed by atoms with Crippen molar-refractivity contribution in [2.75, 3.05) is 6.54 Å². The molecule has 0 aliphatic carbocycles. The lowest BCUT2D eigenvalue weighted by atomic mass is 9.97. The Labute approximate surface area is 119 Å². The summed E-state index contributed by atoms with van der Waals surface area (Å²) in [6, 6.07) is 3.40. The van der Waals surface area contributed by atoms with Crippen LogP contribution >= 0.6 is 0 Å². The van der Waals surface area contributed by atoms with E-state index in [1.807, 2.05) is 0 Å². The molecule has 0 aliphatic heterocycles. The molecule has 0 amide bonds. The SMILES string of the molecule is Cn1ccnc1[C@](O)(CCNCc1ccco1)C(F)(F)F. The monoisotopic (exact) mass is 303 g/mol. The summed E-state index contributed by atoms with van der Waals surface area (Å²) in [5.41, 5.74) is -2.98. The minimum atomic E-state index is -4.81. The summed E-state index contributed by atoms with van der Waals surface area (Å²) in [5, 5.41) is 12.9. The van der Waals surface area contributed by atoms with E-state index in [9.17, 15) is 18.3 Å². The zero-order valence-corrected chi connectivity index (χ0v) is 11.4. The molecule has 21 heavy (non-hydrogen) atoms. The average Bonchev–Trinajstić information content (AvgIpc) is 3.04. The van der Waals surface area contributed by atoms with Crippen LogP contribution in [0.2, 0.25) is 0 Å². The number of alkyl halides is 3. The van der Waals surface area contributed by atoms with Gasteiger partial charge in [0.15, 0.2) is 0 Å². The van der Waals surface area contributed by atoms with Crippen LogP contribution in [0.5, 0.6) is 0 Å². The maximum atomic E-state index is 13.2. The fourth-order valence-corrected chi connectivity index (χ4v) is 2.04. The zero-order valence-electron chi connectivity index (χ0n) is 11.4. The van der Waals surface area contributed by atoms with Crippen molar-refractivity contribution in [1.82, 2.24) is 14.9 Å². The lowest BCUT2D eigenvalue weighted by Crippen LogP contribution is -2.46. The van der Waals surface area contributed by atoms with Crippen LogP contribution in [0.3, 0.4) is 0 Å². The van der Waals surface area contributed by atoms with Crippen molar-refractivity contribution in [3.05, 3.63) is 42.4 Å². The molecule has 0 bridgehead atoms. The van der Waals surface area contributed by atoms with Crippen LogP contribution in [-0.2, 0) is 19.2 Å². The molecule has 2 N–H and O–H groups in total. The maximum absolute atomic E-state index is 13.2. The van der Waals surface area contributed by atoms with Gasteiger partial charge >= 0.3 is 6.18 Å². The quantitative estimate of drug-likeness (QED) is 0.801. The first-order chi connectivity index (χ1) is 9.84. The minimum Gasteiger partial charge on any atom is -0.468 e. The molecule has 5 nitrogen and oxygen atoms in total. The number of nitrogens with zero attached hydrogens (tertiary/aromatic N) is 2. The van der Waals surface area contributed by atoms with Crippen LogP contribution in [0.25, 0.3) is 0 Å². The van der Waals surface area contributed by atoms with E-state index in [0.717, 1.165) is 0 Å². The van der Waals surface area contributed by atoms with Crippen LogP contribution in [-0.4, -0.2) is 27.4 Å². The highest BCUT2D eigenvalue weighted by Crippen LogP contribution is 2.40. The van der Waals surface area contributed by atoms with Gasteiger partial charge < -0.3 is 19.4 Å². The van der Waals surface area contributed by atoms with Crippen molar-refractivity contribution in [2.45, 2.75) is 24.7 Å². The fourth-order valence-electron chi connectivity index (χ4n) is 2.04. The second-order valence-electron chi connectivity index (χ2n) is 4.73. The Bertz CT molecular complexity index is 565. The van der Waals surface area contributed by atoms with Gasteiger partial charge in [0.05, 0.1) is 12.8 Å². The fraction of sp³-hybridized carbons (Fsp3) is 0.462. The van der Waals surface area contributed by atoms with Crippen LogP contribution in [0.4, 0.5) is 13.2 Å². The number of hydrogen-bond acceptors (Lipinski definition) is 4.